The fourth-order valence-electron chi connectivity index (χ4n) is 3.07. The highest BCUT2D eigenvalue weighted by atomic mass is 32.2. The molecule has 1 aromatic heterocycles. The number of carbonyl (C=O) groups is 2. The molecule has 0 aliphatic rings. The molecule has 0 saturated carbocycles. The van der Waals surface area contributed by atoms with Crippen molar-refractivity contribution in [3.8, 4) is 11.4 Å². The topological polar surface area (TPSA) is 88.9 Å². The molecule has 0 unspecified atom stereocenters. The average Bonchev–Trinajstić information content (AvgIpc) is 3.25. The van der Waals surface area contributed by atoms with Gasteiger partial charge in [-0.25, -0.2) is 4.39 Å². The summed E-state index contributed by atoms with van der Waals surface area (Å²) in [5, 5.41) is 9.04. The molecule has 2 N–H and O–H groups in total. The van der Waals surface area contributed by atoms with E-state index in [0.717, 1.165) is 5.56 Å². The lowest BCUT2D eigenvalue weighted by Crippen LogP contribution is -2.42. The van der Waals surface area contributed by atoms with Crippen LogP contribution in [-0.4, -0.2) is 32.3 Å². The molecule has 1 heterocycles. The van der Waals surface area contributed by atoms with Crippen molar-refractivity contribution in [3.05, 3.63) is 102 Å². The highest BCUT2D eigenvalue weighted by Gasteiger charge is 2.17. The van der Waals surface area contributed by atoms with Crippen molar-refractivity contribution in [2.24, 2.45) is 0 Å². The summed E-state index contributed by atoms with van der Waals surface area (Å²) in [6.45, 7) is 0.481. The molecule has 0 fully saturated rings. The Hall–Kier alpha value is -3.98. The van der Waals surface area contributed by atoms with Crippen molar-refractivity contribution in [1.82, 2.24) is 25.6 Å². The summed E-state index contributed by atoms with van der Waals surface area (Å²) in [6, 6.07) is 24.4. The Kier molecular flexibility index (Phi) is 7.11. The van der Waals surface area contributed by atoms with Gasteiger partial charge in [0.05, 0.1) is 12.3 Å². The Morgan fingerprint density at radius 3 is 2.21 bits per heavy atom. The van der Waals surface area contributed by atoms with Crippen LogP contribution < -0.4 is 10.9 Å². The van der Waals surface area contributed by atoms with Gasteiger partial charge in [-0.1, -0.05) is 60.3 Å². The van der Waals surface area contributed by atoms with E-state index in [9.17, 15) is 14.0 Å². The number of hydrogen-bond donors (Lipinski definition) is 2. The van der Waals surface area contributed by atoms with Crippen molar-refractivity contribution >= 4 is 23.6 Å². The van der Waals surface area contributed by atoms with Gasteiger partial charge in [-0.3, -0.25) is 25.0 Å². The number of thioether (sulfide) groups is 1. The number of halogens is 1. The third-order valence-electron chi connectivity index (χ3n) is 4.69. The summed E-state index contributed by atoms with van der Waals surface area (Å²) in [7, 11) is 0. The van der Waals surface area contributed by atoms with E-state index in [0.29, 0.717) is 28.7 Å². The van der Waals surface area contributed by atoms with Crippen molar-refractivity contribution in [2.45, 2.75) is 11.7 Å². The molecule has 7 nitrogen and oxygen atoms in total. The number of benzene rings is 3. The van der Waals surface area contributed by atoms with E-state index in [-0.39, 0.29) is 17.5 Å². The zero-order valence-corrected chi connectivity index (χ0v) is 18.3. The molecule has 4 aromatic rings. The second-order valence-corrected chi connectivity index (χ2v) is 7.98. The minimum atomic E-state index is -0.403. The monoisotopic (exact) mass is 461 g/mol. The summed E-state index contributed by atoms with van der Waals surface area (Å²) in [5.41, 5.74) is 6.99. The Labute approximate surface area is 194 Å². The maximum absolute atomic E-state index is 13.4. The largest absolute Gasteiger partial charge is 0.298 e. The SMILES string of the molecule is O=C(CSc1nnc(-c2ccc(F)cc2)n1Cc1ccccc1)NNC(=O)c1ccccc1. The third-order valence-corrected chi connectivity index (χ3v) is 5.65. The Morgan fingerprint density at radius 2 is 1.52 bits per heavy atom. The first-order chi connectivity index (χ1) is 16.1. The van der Waals surface area contributed by atoms with Crippen LogP contribution in [-0.2, 0) is 11.3 Å². The molecule has 166 valence electrons. The van der Waals surface area contributed by atoms with Crippen LogP contribution >= 0.6 is 11.8 Å². The van der Waals surface area contributed by atoms with Crippen LogP contribution in [0.1, 0.15) is 15.9 Å². The number of rotatable bonds is 7. The standard InChI is InChI=1S/C24H20FN5O2S/c25-20-13-11-18(12-14-20)22-27-29-24(30(22)15-17-7-3-1-4-8-17)33-16-21(31)26-28-23(32)19-9-5-2-6-10-19/h1-14H,15-16H2,(H,26,31)(H,28,32). The smallest absolute Gasteiger partial charge is 0.269 e. The number of hydrazine groups is 1. The lowest BCUT2D eigenvalue weighted by Gasteiger charge is -2.11. The van der Waals surface area contributed by atoms with Crippen molar-refractivity contribution in [1.29, 1.82) is 0 Å². The number of amides is 2. The van der Waals surface area contributed by atoms with E-state index in [2.05, 4.69) is 21.0 Å². The third kappa shape index (κ3) is 5.83. The van der Waals surface area contributed by atoms with E-state index in [1.54, 1.807) is 42.5 Å². The second-order valence-electron chi connectivity index (χ2n) is 7.04. The maximum atomic E-state index is 13.4. The van der Waals surface area contributed by atoms with Gasteiger partial charge in [0, 0.05) is 11.1 Å². The summed E-state index contributed by atoms with van der Waals surface area (Å²) in [6.07, 6.45) is 0. The van der Waals surface area contributed by atoms with Crippen molar-refractivity contribution < 1.29 is 14.0 Å². The van der Waals surface area contributed by atoms with Crippen LogP contribution in [0.25, 0.3) is 11.4 Å². The fraction of sp³-hybridized carbons (Fsp3) is 0.0833. The molecule has 4 rings (SSSR count). The Balaban J connectivity index is 1.45. The van der Waals surface area contributed by atoms with Crippen LogP contribution in [0.3, 0.4) is 0 Å². The number of nitrogens with one attached hydrogen (secondary N) is 2. The summed E-state index contributed by atoms with van der Waals surface area (Å²) < 4.78 is 15.3. The summed E-state index contributed by atoms with van der Waals surface area (Å²) in [5.74, 6) is -0.539. The van der Waals surface area contributed by atoms with E-state index in [1.807, 2.05) is 34.9 Å². The summed E-state index contributed by atoms with van der Waals surface area (Å²) in [4.78, 5) is 24.4. The van der Waals surface area contributed by atoms with Crippen LogP contribution in [0, 0.1) is 5.82 Å². The van der Waals surface area contributed by atoms with E-state index in [1.165, 1.54) is 23.9 Å². The predicted octanol–water partition coefficient (Wildman–Crippen LogP) is 3.69. The van der Waals surface area contributed by atoms with Crippen LogP contribution in [0.4, 0.5) is 4.39 Å². The van der Waals surface area contributed by atoms with Gasteiger partial charge in [-0.15, -0.1) is 10.2 Å². The molecule has 9 heteroatoms. The van der Waals surface area contributed by atoms with Crippen molar-refractivity contribution in [2.75, 3.05) is 5.75 Å². The first kappa shape index (κ1) is 22.2. The van der Waals surface area contributed by atoms with Gasteiger partial charge >= 0.3 is 0 Å². The molecule has 33 heavy (non-hydrogen) atoms. The minimum Gasteiger partial charge on any atom is -0.298 e. The van der Waals surface area contributed by atoms with Gasteiger partial charge in [-0.05, 0) is 42.0 Å². The molecule has 0 aliphatic carbocycles. The van der Waals surface area contributed by atoms with Crippen LogP contribution in [0.15, 0.2) is 90.1 Å². The molecule has 2 amide bonds. The van der Waals surface area contributed by atoms with Crippen LogP contribution in [0.5, 0.6) is 0 Å². The molecule has 0 spiro atoms. The Bertz CT molecular complexity index is 1230. The van der Waals surface area contributed by atoms with E-state index >= 15 is 0 Å². The Morgan fingerprint density at radius 1 is 0.848 bits per heavy atom. The zero-order chi connectivity index (χ0) is 23.0. The number of nitrogens with zero attached hydrogens (tertiary/aromatic N) is 3. The van der Waals surface area contributed by atoms with Gasteiger partial charge < -0.3 is 0 Å². The zero-order valence-electron chi connectivity index (χ0n) is 17.4. The molecule has 3 aromatic carbocycles. The van der Waals surface area contributed by atoms with E-state index < -0.39 is 5.91 Å². The quantitative estimate of drug-likeness (QED) is 0.324. The molecule has 0 aliphatic heterocycles. The highest BCUT2D eigenvalue weighted by Crippen LogP contribution is 2.25. The molecular formula is C24H20FN5O2S. The molecule has 0 atom stereocenters. The molecule has 0 radical (unpaired) electrons. The molecular weight excluding hydrogens is 441 g/mol. The summed E-state index contributed by atoms with van der Waals surface area (Å²) >= 11 is 1.19. The number of hydrogen-bond acceptors (Lipinski definition) is 5. The van der Waals surface area contributed by atoms with Crippen LogP contribution in [0.2, 0.25) is 0 Å². The van der Waals surface area contributed by atoms with Gasteiger partial charge in [0.25, 0.3) is 5.91 Å². The second kappa shape index (κ2) is 10.6. The van der Waals surface area contributed by atoms with Crippen molar-refractivity contribution in [3.63, 3.8) is 0 Å². The molecule has 0 saturated heterocycles. The minimum absolute atomic E-state index is 0.0193. The average molecular weight is 462 g/mol. The lowest BCUT2D eigenvalue weighted by atomic mass is 10.2. The lowest BCUT2D eigenvalue weighted by molar-refractivity contribution is -0.119. The number of aromatic nitrogens is 3. The fourth-order valence-corrected chi connectivity index (χ4v) is 3.81. The highest BCUT2D eigenvalue weighted by molar-refractivity contribution is 7.99. The molecule has 0 bridgehead atoms. The first-order valence-corrected chi connectivity index (χ1v) is 11.1. The normalized spacial score (nSPS) is 10.6. The van der Waals surface area contributed by atoms with Gasteiger partial charge in [0.15, 0.2) is 11.0 Å². The van der Waals surface area contributed by atoms with E-state index in [4.69, 9.17) is 0 Å². The predicted molar refractivity (Wildman–Crippen MR) is 124 cm³/mol. The number of carbonyl (C=O) groups excluding carboxylic acids is 2. The first-order valence-electron chi connectivity index (χ1n) is 10.1. The maximum Gasteiger partial charge on any atom is 0.269 e. The van der Waals surface area contributed by atoms with Gasteiger partial charge in [-0.2, -0.15) is 0 Å². The van der Waals surface area contributed by atoms with Gasteiger partial charge in [0.2, 0.25) is 5.91 Å². The van der Waals surface area contributed by atoms with Gasteiger partial charge in [0.1, 0.15) is 5.82 Å².